The zero-order valence-corrected chi connectivity index (χ0v) is 17.6. The third kappa shape index (κ3) is 5.32. The largest absolute Gasteiger partial charge is 0.434 e. The molecule has 2 fully saturated rings. The number of guanidine groups is 1. The van der Waals surface area contributed by atoms with Gasteiger partial charge in [0, 0.05) is 45.3 Å². The number of rotatable bonds is 6. The summed E-state index contributed by atoms with van der Waals surface area (Å²) in [6.45, 7) is 1.53. The van der Waals surface area contributed by atoms with E-state index in [0.717, 1.165) is 32.1 Å². The van der Waals surface area contributed by atoms with Gasteiger partial charge in [-0.05, 0) is 11.6 Å². The summed E-state index contributed by atoms with van der Waals surface area (Å²) in [5.74, 6) is 0.900. The molecule has 2 aliphatic rings. The molecule has 0 aliphatic carbocycles. The van der Waals surface area contributed by atoms with Crippen LogP contribution in [-0.2, 0) is 17.8 Å². The standard InChI is InChI=1S/C23H28F2N4O2/c1-26-23(27-13-18-9-5-6-10-20(18)31-22(24)25)29-15-19-21(16-29)30-12-11-28(19)14-17-7-3-2-4-8-17/h2-10,19,21-22H,11-16H2,1H3,(H,26,27). The first kappa shape index (κ1) is 21.5. The number of alkyl halides is 2. The van der Waals surface area contributed by atoms with Crippen molar-refractivity contribution in [2.45, 2.75) is 31.8 Å². The van der Waals surface area contributed by atoms with Crippen molar-refractivity contribution in [2.24, 2.45) is 4.99 Å². The number of halogens is 2. The van der Waals surface area contributed by atoms with E-state index in [-0.39, 0.29) is 17.9 Å². The van der Waals surface area contributed by atoms with Gasteiger partial charge in [0.15, 0.2) is 5.96 Å². The Kier molecular flexibility index (Phi) is 6.99. The van der Waals surface area contributed by atoms with Crippen LogP contribution in [0.4, 0.5) is 8.78 Å². The molecule has 0 bridgehead atoms. The summed E-state index contributed by atoms with van der Waals surface area (Å²) < 4.78 is 36.0. The Hall–Kier alpha value is -2.71. The number of aliphatic imine (C=N–C) groups is 1. The Morgan fingerprint density at radius 3 is 2.71 bits per heavy atom. The first-order chi connectivity index (χ1) is 15.1. The van der Waals surface area contributed by atoms with Crippen LogP contribution in [0.15, 0.2) is 59.6 Å². The van der Waals surface area contributed by atoms with Gasteiger partial charge in [-0.2, -0.15) is 8.78 Å². The molecule has 0 spiro atoms. The molecular weight excluding hydrogens is 402 g/mol. The van der Waals surface area contributed by atoms with Crippen molar-refractivity contribution in [3.63, 3.8) is 0 Å². The highest BCUT2D eigenvalue weighted by atomic mass is 19.3. The van der Waals surface area contributed by atoms with Gasteiger partial charge < -0.3 is 19.7 Å². The molecule has 0 aromatic heterocycles. The van der Waals surface area contributed by atoms with Crippen molar-refractivity contribution in [3.8, 4) is 5.75 Å². The van der Waals surface area contributed by atoms with Crippen LogP contribution in [0.5, 0.6) is 5.75 Å². The average molecular weight is 430 g/mol. The molecule has 2 heterocycles. The van der Waals surface area contributed by atoms with Gasteiger partial charge in [0.05, 0.1) is 18.8 Å². The molecule has 2 aromatic carbocycles. The lowest BCUT2D eigenvalue weighted by molar-refractivity contribution is -0.0506. The van der Waals surface area contributed by atoms with Crippen molar-refractivity contribution in [2.75, 3.05) is 33.3 Å². The minimum absolute atomic E-state index is 0.116. The zero-order valence-electron chi connectivity index (χ0n) is 17.6. The lowest BCUT2D eigenvalue weighted by Crippen LogP contribution is -2.50. The fraction of sp³-hybridized carbons (Fsp3) is 0.435. The van der Waals surface area contributed by atoms with Crippen LogP contribution in [0, 0.1) is 0 Å². The monoisotopic (exact) mass is 430 g/mol. The van der Waals surface area contributed by atoms with Crippen molar-refractivity contribution in [1.29, 1.82) is 0 Å². The molecule has 1 N–H and O–H groups in total. The Balaban J connectivity index is 1.39. The Labute approximate surface area is 181 Å². The summed E-state index contributed by atoms with van der Waals surface area (Å²) in [7, 11) is 1.73. The van der Waals surface area contributed by atoms with Crippen molar-refractivity contribution in [1.82, 2.24) is 15.1 Å². The second kappa shape index (κ2) is 10.1. The second-order valence-corrected chi connectivity index (χ2v) is 7.72. The van der Waals surface area contributed by atoms with Crippen LogP contribution in [0.2, 0.25) is 0 Å². The van der Waals surface area contributed by atoms with E-state index in [4.69, 9.17) is 4.74 Å². The van der Waals surface area contributed by atoms with Gasteiger partial charge in [-0.3, -0.25) is 9.89 Å². The van der Waals surface area contributed by atoms with E-state index in [0.29, 0.717) is 18.7 Å². The van der Waals surface area contributed by atoms with E-state index in [1.54, 1.807) is 31.3 Å². The molecule has 0 saturated carbocycles. The van der Waals surface area contributed by atoms with Crippen LogP contribution < -0.4 is 10.1 Å². The third-order valence-electron chi connectivity index (χ3n) is 5.78. The number of fused-ring (bicyclic) bond motifs is 1. The molecular formula is C23H28F2N4O2. The molecule has 2 saturated heterocycles. The number of nitrogens with zero attached hydrogens (tertiary/aromatic N) is 3. The molecule has 2 aliphatic heterocycles. The third-order valence-corrected chi connectivity index (χ3v) is 5.78. The van der Waals surface area contributed by atoms with E-state index in [1.807, 2.05) is 6.07 Å². The summed E-state index contributed by atoms with van der Waals surface area (Å²) >= 11 is 0. The van der Waals surface area contributed by atoms with Crippen LogP contribution in [-0.4, -0.2) is 67.8 Å². The summed E-state index contributed by atoms with van der Waals surface area (Å²) in [5.41, 5.74) is 1.95. The van der Waals surface area contributed by atoms with Crippen LogP contribution >= 0.6 is 0 Å². The predicted octanol–water partition coefficient (Wildman–Crippen LogP) is 2.95. The molecule has 8 heteroatoms. The fourth-order valence-electron chi connectivity index (χ4n) is 4.31. The van der Waals surface area contributed by atoms with Gasteiger partial charge in [0.25, 0.3) is 0 Å². The minimum atomic E-state index is -2.85. The van der Waals surface area contributed by atoms with Gasteiger partial charge in [-0.25, -0.2) is 0 Å². The van der Waals surface area contributed by atoms with Crippen molar-refractivity contribution >= 4 is 5.96 Å². The van der Waals surface area contributed by atoms with E-state index in [9.17, 15) is 8.78 Å². The number of hydrogen-bond acceptors (Lipinski definition) is 4. The molecule has 166 valence electrons. The van der Waals surface area contributed by atoms with E-state index >= 15 is 0 Å². The van der Waals surface area contributed by atoms with Gasteiger partial charge in [0.2, 0.25) is 0 Å². The number of ether oxygens (including phenoxy) is 2. The SMILES string of the molecule is CN=C(NCc1ccccc1OC(F)F)N1CC2OCCN(Cc3ccccc3)C2C1. The second-order valence-electron chi connectivity index (χ2n) is 7.72. The summed E-state index contributed by atoms with van der Waals surface area (Å²) in [5, 5.41) is 3.29. The van der Waals surface area contributed by atoms with E-state index in [2.05, 4.69) is 49.1 Å². The topological polar surface area (TPSA) is 49.3 Å². The number of hydrogen-bond donors (Lipinski definition) is 1. The van der Waals surface area contributed by atoms with Gasteiger partial charge >= 0.3 is 6.61 Å². The maximum absolute atomic E-state index is 12.7. The highest BCUT2D eigenvalue weighted by Gasteiger charge is 2.41. The summed E-state index contributed by atoms with van der Waals surface area (Å²) in [6.07, 6.45) is 0.116. The van der Waals surface area contributed by atoms with Crippen LogP contribution in [0.1, 0.15) is 11.1 Å². The van der Waals surface area contributed by atoms with Gasteiger partial charge in [-0.1, -0.05) is 48.5 Å². The molecule has 0 radical (unpaired) electrons. The number of nitrogens with one attached hydrogen (secondary N) is 1. The number of morpholine rings is 1. The number of likely N-dealkylation sites (tertiary alicyclic amines) is 1. The van der Waals surface area contributed by atoms with E-state index < -0.39 is 6.61 Å². The van der Waals surface area contributed by atoms with Crippen molar-refractivity contribution < 1.29 is 18.3 Å². The summed E-state index contributed by atoms with van der Waals surface area (Å²) in [6, 6.07) is 17.5. The van der Waals surface area contributed by atoms with Crippen molar-refractivity contribution in [3.05, 3.63) is 65.7 Å². The molecule has 0 amide bonds. The normalized spacial score (nSPS) is 21.9. The predicted molar refractivity (Wildman–Crippen MR) is 115 cm³/mol. The zero-order chi connectivity index (χ0) is 21.6. The lowest BCUT2D eigenvalue weighted by Gasteiger charge is -2.36. The van der Waals surface area contributed by atoms with Crippen LogP contribution in [0.25, 0.3) is 0 Å². The first-order valence-electron chi connectivity index (χ1n) is 10.5. The molecule has 2 unspecified atom stereocenters. The maximum atomic E-state index is 12.7. The molecule has 4 rings (SSSR count). The number of para-hydroxylation sites is 1. The lowest BCUT2D eigenvalue weighted by atomic mass is 10.1. The van der Waals surface area contributed by atoms with Crippen LogP contribution in [0.3, 0.4) is 0 Å². The fourth-order valence-corrected chi connectivity index (χ4v) is 4.31. The quantitative estimate of drug-likeness (QED) is 0.564. The summed E-state index contributed by atoms with van der Waals surface area (Å²) in [4.78, 5) is 9.06. The molecule has 2 atom stereocenters. The first-order valence-corrected chi connectivity index (χ1v) is 10.5. The molecule has 6 nitrogen and oxygen atoms in total. The maximum Gasteiger partial charge on any atom is 0.387 e. The van der Waals surface area contributed by atoms with Gasteiger partial charge in [0.1, 0.15) is 5.75 Å². The minimum Gasteiger partial charge on any atom is -0.434 e. The molecule has 2 aromatic rings. The number of benzene rings is 2. The Morgan fingerprint density at radius 2 is 1.94 bits per heavy atom. The van der Waals surface area contributed by atoms with Gasteiger partial charge in [-0.15, -0.1) is 0 Å². The highest BCUT2D eigenvalue weighted by molar-refractivity contribution is 5.80. The Morgan fingerprint density at radius 1 is 1.16 bits per heavy atom. The van der Waals surface area contributed by atoms with E-state index in [1.165, 1.54) is 5.56 Å². The average Bonchev–Trinajstić information content (AvgIpc) is 3.21. The smallest absolute Gasteiger partial charge is 0.387 e. The highest BCUT2D eigenvalue weighted by Crippen LogP contribution is 2.25. The molecule has 31 heavy (non-hydrogen) atoms. The Bertz CT molecular complexity index is 881.